The van der Waals surface area contributed by atoms with Crippen LogP contribution in [0.5, 0.6) is 11.5 Å². The van der Waals surface area contributed by atoms with Crippen molar-refractivity contribution in [1.29, 1.82) is 0 Å². The van der Waals surface area contributed by atoms with Crippen LogP contribution in [-0.2, 0) is 5.41 Å². The van der Waals surface area contributed by atoms with Crippen molar-refractivity contribution in [2.45, 2.75) is 39.5 Å². The third-order valence-corrected chi connectivity index (χ3v) is 10.1. The molecule has 2 heteroatoms. The van der Waals surface area contributed by atoms with Crippen LogP contribution in [-0.4, -0.2) is 10.2 Å². The molecule has 1 atom stereocenters. The van der Waals surface area contributed by atoms with Crippen LogP contribution in [0.3, 0.4) is 0 Å². The van der Waals surface area contributed by atoms with E-state index < -0.39 is 5.41 Å². The Morgan fingerprint density at radius 1 is 0.625 bits per heavy atom. The smallest absolute Gasteiger partial charge is 0.115 e. The van der Waals surface area contributed by atoms with Crippen LogP contribution in [0.2, 0.25) is 0 Å². The van der Waals surface area contributed by atoms with Crippen molar-refractivity contribution in [2.24, 2.45) is 11.8 Å². The molecule has 48 heavy (non-hydrogen) atoms. The van der Waals surface area contributed by atoms with Crippen molar-refractivity contribution in [3.8, 4) is 22.6 Å². The molecule has 0 aromatic heterocycles. The van der Waals surface area contributed by atoms with E-state index in [1.165, 1.54) is 50.1 Å². The third-order valence-electron chi connectivity index (χ3n) is 10.1. The van der Waals surface area contributed by atoms with Crippen molar-refractivity contribution < 1.29 is 10.2 Å². The molecule has 238 valence electrons. The summed E-state index contributed by atoms with van der Waals surface area (Å²) in [6, 6.07) is 31.9. The predicted octanol–water partition coefficient (Wildman–Crippen LogP) is 11.3. The summed E-state index contributed by atoms with van der Waals surface area (Å²) in [4.78, 5) is 0. The Morgan fingerprint density at radius 3 is 1.75 bits per heavy atom. The number of aromatic hydroxyl groups is 2. The minimum absolute atomic E-state index is 0.249. The first kappa shape index (κ1) is 31.3. The maximum Gasteiger partial charge on any atom is 0.115 e. The van der Waals surface area contributed by atoms with E-state index in [2.05, 4.69) is 111 Å². The van der Waals surface area contributed by atoms with Gasteiger partial charge in [0.05, 0.1) is 5.41 Å². The molecule has 0 spiro atoms. The summed E-state index contributed by atoms with van der Waals surface area (Å²) in [5.74, 6) is 1.58. The van der Waals surface area contributed by atoms with Gasteiger partial charge in [-0.25, -0.2) is 0 Å². The Balaban J connectivity index is 0.000000152. The summed E-state index contributed by atoms with van der Waals surface area (Å²) in [7, 11) is 0. The number of phenols is 2. The predicted molar refractivity (Wildman–Crippen MR) is 199 cm³/mol. The molecule has 2 N–H and O–H groups in total. The van der Waals surface area contributed by atoms with Crippen LogP contribution < -0.4 is 0 Å². The highest BCUT2D eigenvalue weighted by molar-refractivity contribution is 5.86. The molecule has 0 saturated heterocycles. The van der Waals surface area contributed by atoms with Gasteiger partial charge in [-0.3, -0.25) is 0 Å². The van der Waals surface area contributed by atoms with Crippen LogP contribution in [0, 0.1) is 11.8 Å². The Bertz CT molecular complexity index is 2000. The normalized spacial score (nSPS) is 18.5. The summed E-state index contributed by atoms with van der Waals surface area (Å²) in [6.07, 6.45) is 19.6. The standard InChI is InChI=1S/C25H18O2.C19H18.C2H6/c26-19-13-9-17(10-14-19)25(18-11-15-20(27)16-12-18)23-7-3-1-5-21(23)22-6-2-4-8-24(22)25;1-12(2)16-10-8-15-7-6-13-4-3-5-14-9-11-17(16)19(15)18(13)14;1-2/h1-16,26-27H;3-4,6-12,19H,5H2,1-2H3;1-2H3. The lowest BCUT2D eigenvalue weighted by atomic mass is 9.66. The van der Waals surface area contributed by atoms with Gasteiger partial charge in [0.2, 0.25) is 0 Å². The van der Waals surface area contributed by atoms with Crippen LogP contribution in [0.15, 0.2) is 179 Å². The van der Waals surface area contributed by atoms with Crippen molar-refractivity contribution >= 4 is 0 Å². The number of rotatable bonds is 3. The molecule has 0 aliphatic heterocycles. The zero-order chi connectivity index (χ0) is 33.4. The molecule has 0 fully saturated rings. The van der Waals surface area contributed by atoms with Gasteiger partial charge in [0.1, 0.15) is 11.5 Å². The van der Waals surface area contributed by atoms with Crippen LogP contribution in [0.1, 0.15) is 56.4 Å². The highest BCUT2D eigenvalue weighted by atomic mass is 16.3. The van der Waals surface area contributed by atoms with Gasteiger partial charge in [-0.05, 0) is 103 Å². The molecule has 0 saturated carbocycles. The Labute approximate surface area is 284 Å². The highest BCUT2D eigenvalue weighted by Crippen LogP contribution is 2.56. The zero-order valence-corrected chi connectivity index (χ0v) is 28.1. The summed E-state index contributed by atoms with van der Waals surface area (Å²) in [6.45, 7) is 8.58. The number of benzene rings is 4. The van der Waals surface area contributed by atoms with Gasteiger partial charge >= 0.3 is 0 Å². The fourth-order valence-electron chi connectivity index (χ4n) is 8.09. The second kappa shape index (κ2) is 12.7. The Kier molecular flexibility index (Phi) is 8.27. The van der Waals surface area contributed by atoms with E-state index in [0.29, 0.717) is 11.8 Å². The van der Waals surface area contributed by atoms with Gasteiger partial charge in [0.25, 0.3) is 0 Å². The van der Waals surface area contributed by atoms with Gasteiger partial charge in [0.15, 0.2) is 0 Å². The van der Waals surface area contributed by atoms with E-state index in [4.69, 9.17) is 0 Å². The molecular weight excluding hydrogens is 585 g/mol. The maximum atomic E-state index is 9.85. The lowest BCUT2D eigenvalue weighted by molar-refractivity contribution is 0.475. The van der Waals surface area contributed by atoms with Crippen molar-refractivity contribution in [2.75, 3.05) is 0 Å². The first-order valence-corrected chi connectivity index (χ1v) is 17.2. The average Bonchev–Trinajstić information content (AvgIpc) is 3.43. The SMILES string of the molecule is CC.CC(C)C1=CC=C2C=CC3=C4C(=CC=C1C24)CC=C3.Oc1ccc(C2(c3ccc(O)cc3)c3ccccc3-c3ccccc32)cc1. The molecule has 0 amide bonds. The van der Waals surface area contributed by atoms with Crippen molar-refractivity contribution in [1.82, 2.24) is 0 Å². The second-order valence-electron chi connectivity index (χ2n) is 12.9. The first-order chi connectivity index (χ1) is 23.5. The van der Waals surface area contributed by atoms with E-state index in [9.17, 15) is 10.2 Å². The average molecular weight is 627 g/mol. The number of hydrogen-bond donors (Lipinski definition) is 2. The topological polar surface area (TPSA) is 40.5 Å². The molecule has 1 unspecified atom stereocenters. The number of fused-ring (bicyclic) bond motifs is 3. The van der Waals surface area contributed by atoms with E-state index >= 15 is 0 Å². The number of allylic oxidation sites excluding steroid dienone is 14. The first-order valence-electron chi connectivity index (χ1n) is 17.2. The largest absolute Gasteiger partial charge is 0.508 e. The molecule has 0 radical (unpaired) electrons. The van der Waals surface area contributed by atoms with E-state index in [1.54, 1.807) is 29.8 Å². The molecule has 4 aromatic carbocycles. The van der Waals surface area contributed by atoms with E-state index in [-0.39, 0.29) is 11.5 Å². The van der Waals surface area contributed by atoms with Gasteiger partial charge < -0.3 is 10.2 Å². The zero-order valence-electron chi connectivity index (χ0n) is 28.1. The molecule has 2 nitrogen and oxygen atoms in total. The molecular formula is C46H42O2. The van der Waals surface area contributed by atoms with Gasteiger partial charge in [0, 0.05) is 5.92 Å². The molecule has 5 aliphatic carbocycles. The van der Waals surface area contributed by atoms with E-state index in [1.807, 2.05) is 38.1 Å². The monoisotopic (exact) mass is 626 g/mol. The fraction of sp³-hybridized carbons (Fsp3) is 0.174. The number of hydrogen-bond acceptors (Lipinski definition) is 2. The fourth-order valence-corrected chi connectivity index (χ4v) is 8.09. The summed E-state index contributed by atoms with van der Waals surface area (Å²) in [5.41, 5.74) is 15.5. The van der Waals surface area contributed by atoms with Crippen molar-refractivity contribution in [3.05, 3.63) is 201 Å². The van der Waals surface area contributed by atoms with Crippen LogP contribution in [0.4, 0.5) is 0 Å². The van der Waals surface area contributed by atoms with Crippen LogP contribution >= 0.6 is 0 Å². The summed E-state index contributed by atoms with van der Waals surface area (Å²) < 4.78 is 0. The molecule has 9 rings (SSSR count). The molecule has 5 aliphatic rings. The quantitative estimate of drug-likeness (QED) is 0.209. The summed E-state index contributed by atoms with van der Waals surface area (Å²) in [5, 5.41) is 19.7. The number of phenolic OH excluding ortho intramolecular Hbond substituents is 2. The Hall–Kier alpha value is -5.34. The maximum absolute atomic E-state index is 9.85. The highest BCUT2D eigenvalue weighted by Gasteiger charge is 2.45. The van der Waals surface area contributed by atoms with E-state index in [0.717, 1.165) is 17.5 Å². The third kappa shape index (κ3) is 4.95. The Morgan fingerprint density at radius 2 is 1.19 bits per heavy atom. The minimum Gasteiger partial charge on any atom is -0.508 e. The minimum atomic E-state index is -0.491. The van der Waals surface area contributed by atoms with Gasteiger partial charge in [-0.2, -0.15) is 0 Å². The second-order valence-corrected chi connectivity index (χ2v) is 12.9. The van der Waals surface area contributed by atoms with Gasteiger partial charge in [-0.15, -0.1) is 0 Å². The summed E-state index contributed by atoms with van der Waals surface area (Å²) >= 11 is 0. The van der Waals surface area contributed by atoms with Gasteiger partial charge in [-0.1, -0.05) is 149 Å². The lowest BCUT2D eigenvalue weighted by Gasteiger charge is -2.38. The van der Waals surface area contributed by atoms with Crippen LogP contribution in [0.25, 0.3) is 11.1 Å². The molecule has 0 bridgehead atoms. The lowest BCUT2D eigenvalue weighted by Crippen LogP contribution is -2.28. The molecule has 4 aromatic rings. The molecule has 0 heterocycles. The van der Waals surface area contributed by atoms with Crippen molar-refractivity contribution in [3.63, 3.8) is 0 Å².